The molecule has 1 saturated carbocycles. The zero-order valence-electron chi connectivity index (χ0n) is 25.1. The molecule has 0 bridgehead atoms. The molecule has 45 heavy (non-hydrogen) atoms. The summed E-state index contributed by atoms with van der Waals surface area (Å²) in [6.07, 6.45) is 4.89. The highest BCUT2D eigenvalue weighted by Crippen LogP contribution is 2.42. The molecule has 7 rings (SSSR count). The molecule has 3 aromatic carbocycles. The third kappa shape index (κ3) is 5.93. The van der Waals surface area contributed by atoms with Gasteiger partial charge in [-0.15, -0.1) is 0 Å². The molecule has 3 heterocycles. The summed E-state index contributed by atoms with van der Waals surface area (Å²) in [6, 6.07) is 28.6. The molecule has 0 spiro atoms. The molecule has 1 atom stereocenters. The number of carbonyl (C=O) groups is 1. The number of nitrogen functional groups attached to an aromatic ring is 1. The van der Waals surface area contributed by atoms with Crippen molar-refractivity contribution in [3.8, 4) is 22.8 Å². The molecule has 3 N–H and O–H groups in total. The van der Waals surface area contributed by atoms with Crippen molar-refractivity contribution in [2.75, 3.05) is 31.9 Å². The van der Waals surface area contributed by atoms with E-state index in [0.717, 1.165) is 72.6 Å². The molecule has 5 aromatic rings. The van der Waals surface area contributed by atoms with Gasteiger partial charge in [0.15, 0.2) is 5.65 Å². The van der Waals surface area contributed by atoms with Gasteiger partial charge in [-0.05, 0) is 73.6 Å². The molecule has 2 aromatic heterocycles. The highest BCUT2D eigenvalue weighted by molar-refractivity contribution is 5.98. The molecule has 1 amide bonds. The fourth-order valence-electron chi connectivity index (χ4n) is 7.02. The number of anilines is 1. The van der Waals surface area contributed by atoms with Gasteiger partial charge in [-0.2, -0.15) is 5.10 Å². The smallest absolute Gasteiger partial charge is 0.407 e. The number of benzene rings is 3. The molecule has 1 saturated heterocycles. The number of nitrogens with zero attached hydrogens (tertiary/aromatic N) is 6. The van der Waals surface area contributed by atoms with E-state index in [4.69, 9.17) is 20.6 Å². The molecule has 230 valence electrons. The summed E-state index contributed by atoms with van der Waals surface area (Å²) in [6.45, 7) is 2.74. The van der Waals surface area contributed by atoms with Crippen molar-refractivity contribution in [2.24, 2.45) is 5.92 Å². The highest BCUT2D eigenvalue weighted by atomic mass is 16.5. The molecule has 2 aliphatic rings. The van der Waals surface area contributed by atoms with Crippen LogP contribution >= 0.6 is 0 Å². The molecule has 1 aliphatic carbocycles. The van der Waals surface area contributed by atoms with Gasteiger partial charge in [0.2, 0.25) is 0 Å². The van der Waals surface area contributed by atoms with E-state index in [1.54, 1.807) is 0 Å². The lowest BCUT2D eigenvalue weighted by molar-refractivity contribution is 0.0632. The van der Waals surface area contributed by atoms with E-state index in [2.05, 4.69) is 38.8 Å². The van der Waals surface area contributed by atoms with Gasteiger partial charge in [-0.25, -0.2) is 19.4 Å². The second kappa shape index (κ2) is 12.6. The van der Waals surface area contributed by atoms with Crippen LogP contribution in [0.4, 0.5) is 10.6 Å². The van der Waals surface area contributed by atoms with Crippen LogP contribution in [0.1, 0.15) is 37.3 Å². The second-order valence-electron chi connectivity index (χ2n) is 11.9. The van der Waals surface area contributed by atoms with Crippen LogP contribution in [0.5, 0.6) is 11.5 Å². The number of fused-ring (bicyclic) bond motifs is 1. The Morgan fingerprint density at radius 1 is 0.822 bits per heavy atom. The molecule has 1 aliphatic heterocycles. The van der Waals surface area contributed by atoms with Crippen LogP contribution in [0.3, 0.4) is 0 Å². The highest BCUT2D eigenvalue weighted by Gasteiger charge is 2.35. The lowest BCUT2D eigenvalue weighted by Crippen LogP contribution is -2.52. The van der Waals surface area contributed by atoms with Crippen molar-refractivity contribution in [3.63, 3.8) is 0 Å². The van der Waals surface area contributed by atoms with Crippen LogP contribution in [0, 0.1) is 5.92 Å². The Kier molecular flexibility index (Phi) is 8.04. The van der Waals surface area contributed by atoms with Crippen LogP contribution in [0.25, 0.3) is 22.3 Å². The largest absolute Gasteiger partial charge is 0.465 e. The predicted molar refractivity (Wildman–Crippen MR) is 173 cm³/mol. The van der Waals surface area contributed by atoms with Crippen LogP contribution in [-0.4, -0.2) is 73.0 Å². The van der Waals surface area contributed by atoms with E-state index in [9.17, 15) is 9.90 Å². The average Bonchev–Trinajstić information content (AvgIpc) is 3.47. The topological polar surface area (TPSA) is 123 Å². The van der Waals surface area contributed by atoms with E-state index >= 15 is 0 Å². The van der Waals surface area contributed by atoms with Gasteiger partial charge in [0.25, 0.3) is 0 Å². The summed E-state index contributed by atoms with van der Waals surface area (Å²) in [4.78, 5) is 24.5. The first kappa shape index (κ1) is 28.8. The maximum atomic E-state index is 11.4. The lowest BCUT2D eigenvalue weighted by Gasteiger charge is -2.42. The van der Waals surface area contributed by atoms with Gasteiger partial charge < -0.3 is 20.5 Å². The Hall–Kier alpha value is -4.96. The molecule has 10 heteroatoms. The summed E-state index contributed by atoms with van der Waals surface area (Å²) in [7, 11) is 0. The zero-order valence-corrected chi connectivity index (χ0v) is 25.1. The number of nitrogens with two attached hydrogens (primary N) is 1. The van der Waals surface area contributed by atoms with Gasteiger partial charge in [0.05, 0.1) is 11.4 Å². The first-order chi connectivity index (χ1) is 22.0. The van der Waals surface area contributed by atoms with E-state index in [1.807, 2.05) is 60.7 Å². The molecular weight excluding hydrogens is 566 g/mol. The van der Waals surface area contributed by atoms with Crippen LogP contribution in [0.2, 0.25) is 0 Å². The first-order valence-corrected chi connectivity index (χ1v) is 15.6. The standard InChI is InChI=1S/C35H37N7O3/c36-33-30-31(24-13-17-29(18-14-24)45-28-9-5-2-6-10-28)39-42(34(30)38-23-37-33)32(25-7-3-1-4-8-25)26-11-15-27(16-12-26)40-19-21-41(22-20-40)35(43)44/h1-10,13-14,17-18,23,26-27,32H,11-12,15-16,19-22H2,(H,43,44)(H2,36,37,38). The lowest BCUT2D eigenvalue weighted by atomic mass is 9.78. The van der Waals surface area contributed by atoms with E-state index < -0.39 is 6.09 Å². The van der Waals surface area contributed by atoms with Gasteiger partial charge in [0.1, 0.15) is 29.3 Å². The predicted octanol–water partition coefficient (Wildman–Crippen LogP) is 6.31. The summed E-state index contributed by atoms with van der Waals surface area (Å²) < 4.78 is 8.09. The Bertz CT molecular complexity index is 1750. The van der Waals surface area contributed by atoms with Gasteiger partial charge in [0, 0.05) is 37.8 Å². The van der Waals surface area contributed by atoms with Gasteiger partial charge in [-0.1, -0.05) is 48.5 Å². The number of rotatable bonds is 7. The zero-order chi connectivity index (χ0) is 30.8. The van der Waals surface area contributed by atoms with E-state index in [0.29, 0.717) is 30.9 Å². The monoisotopic (exact) mass is 603 g/mol. The summed E-state index contributed by atoms with van der Waals surface area (Å²) >= 11 is 0. The Labute approximate surface area is 262 Å². The maximum Gasteiger partial charge on any atom is 0.407 e. The van der Waals surface area contributed by atoms with E-state index in [-0.39, 0.29) is 6.04 Å². The third-order valence-electron chi connectivity index (χ3n) is 9.32. The number of piperazine rings is 1. The van der Waals surface area contributed by atoms with Crippen LogP contribution in [0.15, 0.2) is 91.3 Å². The van der Waals surface area contributed by atoms with Gasteiger partial charge >= 0.3 is 6.09 Å². The number of amides is 1. The minimum absolute atomic E-state index is 0.0257. The number of carboxylic acid groups (broad SMARTS) is 1. The van der Waals surface area contributed by atoms with Crippen LogP contribution < -0.4 is 10.5 Å². The Morgan fingerprint density at radius 3 is 2.13 bits per heavy atom. The summed E-state index contributed by atoms with van der Waals surface area (Å²) in [5.74, 6) is 2.27. The molecule has 1 unspecified atom stereocenters. The Morgan fingerprint density at radius 2 is 1.47 bits per heavy atom. The number of hydrogen-bond acceptors (Lipinski definition) is 7. The van der Waals surface area contributed by atoms with Crippen molar-refractivity contribution in [1.29, 1.82) is 0 Å². The average molecular weight is 604 g/mol. The minimum atomic E-state index is -0.823. The molecule has 2 fully saturated rings. The molecule has 10 nitrogen and oxygen atoms in total. The fourth-order valence-corrected chi connectivity index (χ4v) is 7.02. The Balaban J connectivity index is 1.19. The summed E-state index contributed by atoms with van der Waals surface area (Å²) in [5.41, 5.74) is 10.1. The number of para-hydroxylation sites is 1. The first-order valence-electron chi connectivity index (χ1n) is 15.6. The quantitative estimate of drug-likeness (QED) is 0.222. The SMILES string of the molecule is Nc1ncnc2c1c(-c1ccc(Oc3ccccc3)cc1)nn2C(c1ccccc1)C1CCC(N2CCN(C(=O)O)CC2)CC1. The maximum absolute atomic E-state index is 11.4. The minimum Gasteiger partial charge on any atom is -0.465 e. The second-order valence-corrected chi connectivity index (χ2v) is 11.9. The molecule has 0 radical (unpaired) electrons. The summed E-state index contributed by atoms with van der Waals surface area (Å²) in [5, 5.41) is 15.3. The number of aromatic nitrogens is 4. The van der Waals surface area contributed by atoms with Crippen molar-refractivity contribution in [1.82, 2.24) is 29.5 Å². The van der Waals surface area contributed by atoms with Crippen LogP contribution in [-0.2, 0) is 0 Å². The van der Waals surface area contributed by atoms with Crippen molar-refractivity contribution in [2.45, 2.75) is 37.8 Å². The van der Waals surface area contributed by atoms with Crippen molar-refractivity contribution >= 4 is 22.9 Å². The normalized spacial score (nSPS) is 19.8. The number of ether oxygens (including phenoxy) is 1. The van der Waals surface area contributed by atoms with Crippen molar-refractivity contribution in [3.05, 3.63) is 96.8 Å². The van der Waals surface area contributed by atoms with Crippen molar-refractivity contribution < 1.29 is 14.6 Å². The number of hydrogen-bond donors (Lipinski definition) is 2. The van der Waals surface area contributed by atoms with E-state index in [1.165, 1.54) is 16.8 Å². The van der Waals surface area contributed by atoms with Gasteiger partial charge in [-0.3, -0.25) is 4.90 Å². The fraction of sp³-hybridized carbons (Fsp3) is 0.314. The third-order valence-corrected chi connectivity index (χ3v) is 9.32. The molecular formula is C35H37N7O3.